The van der Waals surface area contributed by atoms with Crippen molar-refractivity contribution >= 4 is 17.5 Å². The summed E-state index contributed by atoms with van der Waals surface area (Å²) in [5.74, 6) is -3.07. The number of hydrogen-bond donors (Lipinski definition) is 3. The molecule has 3 rings (SSSR count). The van der Waals surface area contributed by atoms with Gasteiger partial charge in [0.05, 0.1) is 12.2 Å². The van der Waals surface area contributed by atoms with E-state index < -0.39 is 28.9 Å². The van der Waals surface area contributed by atoms with Crippen molar-refractivity contribution in [2.24, 2.45) is 0 Å². The number of Topliss-reactive ketones (excluding diaryl/α,β-unsaturated/α-hetero) is 1. The quantitative estimate of drug-likeness (QED) is 0.517. The molecule has 1 aliphatic carbocycles. The maximum Gasteiger partial charge on any atom is 0.343 e. The van der Waals surface area contributed by atoms with Crippen LogP contribution in [0.25, 0.3) is 0 Å². The van der Waals surface area contributed by atoms with Gasteiger partial charge in [-0.05, 0) is 49.3 Å². The van der Waals surface area contributed by atoms with Crippen LogP contribution in [0.4, 0.5) is 0 Å². The normalized spacial score (nSPS) is 21.1. The Bertz CT molecular complexity index is 1020. The number of aromatic hydroxyl groups is 2. The number of carbonyl (C=O) groups excluding carboxylic acids is 3. The molecule has 1 aromatic carbocycles. The predicted molar refractivity (Wildman–Crippen MR) is 99.9 cm³/mol. The lowest BCUT2D eigenvalue weighted by atomic mass is 9.80. The Balaban J connectivity index is 1.94. The van der Waals surface area contributed by atoms with Gasteiger partial charge in [0, 0.05) is 6.07 Å². The van der Waals surface area contributed by atoms with Crippen LogP contribution < -0.4 is 0 Å². The number of rotatable bonds is 4. The first-order valence-corrected chi connectivity index (χ1v) is 8.60. The number of allylic oxidation sites excluding steroid dienone is 3. The number of ketones is 2. The molecule has 2 aliphatic rings. The van der Waals surface area contributed by atoms with Gasteiger partial charge in [-0.25, -0.2) is 4.79 Å². The zero-order valence-corrected chi connectivity index (χ0v) is 15.6. The minimum Gasteiger partial charge on any atom is -0.508 e. The average molecular weight is 398 g/mol. The van der Waals surface area contributed by atoms with Crippen molar-refractivity contribution in [1.29, 1.82) is 0 Å². The van der Waals surface area contributed by atoms with Crippen molar-refractivity contribution in [1.82, 2.24) is 0 Å². The summed E-state index contributed by atoms with van der Waals surface area (Å²) >= 11 is 0. The number of aryl methyl sites for hydroxylation is 1. The van der Waals surface area contributed by atoms with Crippen LogP contribution in [-0.4, -0.2) is 45.1 Å². The van der Waals surface area contributed by atoms with Gasteiger partial charge >= 0.3 is 5.97 Å². The molecule has 29 heavy (non-hydrogen) atoms. The molecule has 1 heterocycles. The van der Waals surface area contributed by atoms with Crippen molar-refractivity contribution < 1.29 is 39.2 Å². The predicted octanol–water partition coefficient (Wildman–Crippen LogP) is 1.75. The first-order chi connectivity index (χ1) is 13.7. The fraction of sp³-hybridized carbons (Fsp3) is 0.190. The second-order valence-electron chi connectivity index (χ2n) is 6.65. The molecule has 8 heteroatoms. The van der Waals surface area contributed by atoms with Crippen LogP contribution in [0.3, 0.4) is 0 Å². The SMILES string of the molecule is Cc1cc(O)cc(O)c1C(=O)OC1(C)C(=O)C=C2C=C(/C=C/CO)OC=C2C1=O. The number of benzene rings is 1. The zero-order valence-electron chi connectivity index (χ0n) is 15.6. The fourth-order valence-corrected chi connectivity index (χ4v) is 3.02. The lowest BCUT2D eigenvalue weighted by Gasteiger charge is -2.31. The van der Waals surface area contributed by atoms with E-state index in [1.807, 2.05) is 0 Å². The summed E-state index contributed by atoms with van der Waals surface area (Å²) in [6.45, 7) is 2.43. The topological polar surface area (TPSA) is 130 Å². The number of phenolic OH excluding ortho intramolecular Hbond substituents is 2. The second kappa shape index (κ2) is 7.40. The van der Waals surface area contributed by atoms with E-state index in [1.54, 1.807) is 0 Å². The molecule has 8 nitrogen and oxygen atoms in total. The first kappa shape index (κ1) is 20.1. The lowest BCUT2D eigenvalue weighted by molar-refractivity contribution is -0.145. The maximum absolute atomic E-state index is 12.9. The number of fused-ring (bicyclic) bond motifs is 1. The summed E-state index contributed by atoms with van der Waals surface area (Å²) in [5, 5.41) is 28.3. The lowest BCUT2D eigenvalue weighted by Crippen LogP contribution is -2.50. The van der Waals surface area contributed by atoms with Crippen LogP contribution in [0.2, 0.25) is 0 Å². The molecule has 0 radical (unpaired) electrons. The Hall–Kier alpha value is -3.65. The number of hydrogen-bond acceptors (Lipinski definition) is 8. The van der Waals surface area contributed by atoms with Crippen LogP contribution in [0.15, 0.2) is 59.6 Å². The minimum atomic E-state index is -2.14. The fourth-order valence-electron chi connectivity index (χ4n) is 3.02. The third-order valence-corrected chi connectivity index (χ3v) is 4.54. The molecule has 0 saturated carbocycles. The van der Waals surface area contributed by atoms with E-state index in [0.717, 1.165) is 12.3 Å². The molecule has 0 spiro atoms. The van der Waals surface area contributed by atoms with Crippen LogP contribution >= 0.6 is 0 Å². The van der Waals surface area contributed by atoms with Crippen LogP contribution in [0.5, 0.6) is 11.5 Å². The summed E-state index contributed by atoms with van der Waals surface area (Å²) in [6.07, 6.45) is 6.67. The largest absolute Gasteiger partial charge is 0.508 e. The van der Waals surface area contributed by atoms with E-state index in [0.29, 0.717) is 11.3 Å². The Kier molecular flexibility index (Phi) is 5.13. The highest BCUT2D eigenvalue weighted by Crippen LogP contribution is 2.35. The van der Waals surface area contributed by atoms with Gasteiger partial charge in [0.2, 0.25) is 17.2 Å². The second-order valence-corrected chi connectivity index (χ2v) is 6.65. The number of ether oxygens (including phenoxy) is 2. The van der Waals surface area contributed by atoms with Gasteiger partial charge in [0.15, 0.2) is 0 Å². The maximum atomic E-state index is 12.9. The molecule has 3 N–H and O–H groups in total. The van der Waals surface area contributed by atoms with Gasteiger partial charge < -0.3 is 24.8 Å². The van der Waals surface area contributed by atoms with E-state index in [1.165, 1.54) is 44.2 Å². The van der Waals surface area contributed by atoms with Gasteiger partial charge in [0.25, 0.3) is 0 Å². The molecular formula is C21H18O8. The molecule has 0 fully saturated rings. The summed E-state index contributed by atoms with van der Waals surface area (Å²) in [5.41, 5.74) is -1.84. The van der Waals surface area contributed by atoms with E-state index in [2.05, 4.69) is 0 Å². The van der Waals surface area contributed by atoms with Crippen molar-refractivity contribution in [2.45, 2.75) is 19.4 Å². The molecule has 1 aromatic rings. The number of aliphatic hydroxyl groups is 1. The third kappa shape index (κ3) is 3.57. The minimum absolute atomic E-state index is 0.0488. The van der Waals surface area contributed by atoms with E-state index in [4.69, 9.17) is 14.6 Å². The van der Waals surface area contributed by atoms with Gasteiger partial charge in [-0.1, -0.05) is 6.08 Å². The molecule has 0 amide bonds. The average Bonchev–Trinajstić information content (AvgIpc) is 2.64. The van der Waals surface area contributed by atoms with Crippen molar-refractivity contribution in [3.8, 4) is 11.5 Å². The molecule has 0 saturated heterocycles. The molecule has 1 atom stereocenters. The number of aliphatic hydroxyl groups excluding tert-OH is 1. The summed E-state index contributed by atoms with van der Waals surface area (Å²) in [4.78, 5) is 38.2. The highest BCUT2D eigenvalue weighted by Gasteiger charge is 2.49. The first-order valence-electron chi connectivity index (χ1n) is 8.60. The third-order valence-electron chi connectivity index (χ3n) is 4.54. The van der Waals surface area contributed by atoms with Gasteiger partial charge in [-0.15, -0.1) is 0 Å². The van der Waals surface area contributed by atoms with Crippen LogP contribution in [-0.2, 0) is 19.1 Å². The van der Waals surface area contributed by atoms with Crippen LogP contribution in [0, 0.1) is 6.92 Å². The Morgan fingerprint density at radius 3 is 2.62 bits per heavy atom. The molecule has 1 unspecified atom stereocenters. The number of esters is 1. The van der Waals surface area contributed by atoms with Crippen molar-refractivity contribution in [3.05, 3.63) is 70.7 Å². The number of carbonyl (C=O) groups is 3. The highest BCUT2D eigenvalue weighted by atomic mass is 16.6. The van der Waals surface area contributed by atoms with E-state index >= 15 is 0 Å². The molecule has 150 valence electrons. The molecule has 1 aliphatic heterocycles. The van der Waals surface area contributed by atoms with E-state index in [9.17, 15) is 24.6 Å². The standard InChI is InChI=1S/C21H18O8/c1-11-6-13(23)9-16(24)18(11)20(27)29-21(2)17(25)8-12-7-14(4-3-5-22)28-10-15(12)19(21)26/h3-4,6-10,22-24H,5H2,1-2H3/b4-3+. The zero-order chi connectivity index (χ0) is 21.3. The number of phenols is 2. The van der Waals surface area contributed by atoms with Crippen molar-refractivity contribution in [3.63, 3.8) is 0 Å². The van der Waals surface area contributed by atoms with Gasteiger partial charge in [-0.2, -0.15) is 0 Å². The Morgan fingerprint density at radius 2 is 1.97 bits per heavy atom. The molecule has 0 bridgehead atoms. The Morgan fingerprint density at radius 1 is 1.24 bits per heavy atom. The molecule has 0 aromatic heterocycles. The highest BCUT2D eigenvalue weighted by molar-refractivity contribution is 6.26. The monoisotopic (exact) mass is 398 g/mol. The Labute approximate surface area is 165 Å². The smallest absolute Gasteiger partial charge is 0.343 e. The van der Waals surface area contributed by atoms with E-state index in [-0.39, 0.29) is 29.1 Å². The molecular weight excluding hydrogens is 380 g/mol. The summed E-state index contributed by atoms with van der Waals surface area (Å²) in [6, 6.07) is 2.20. The van der Waals surface area contributed by atoms with Crippen LogP contribution in [0.1, 0.15) is 22.8 Å². The van der Waals surface area contributed by atoms with Gasteiger partial charge in [0.1, 0.15) is 29.1 Å². The van der Waals surface area contributed by atoms with Crippen molar-refractivity contribution in [2.75, 3.05) is 6.61 Å². The summed E-state index contributed by atoms with van der Waals surface area (Å²) < 4.78 is 10.6. The summed E-state index contributed by atoms with van der Waals surface area (Å²) in [7, 11) is 0. The van der Waals surface area contributed by atoms with Gasteiger partial charge in [-0.3, -0.25) is 9.59 Å².